The van der Waals surface area contributed by atoms with Gasteiger partial charge >= 0.3 is 12.1 Å². The van der Waals surface area contributed by atoms with E-state index in [2.05, 4.69) is 4.90 Å². The smallest absolute Gasteiger partial charge is 0.410 e. The summed E-state index contributed by atoms with van der Waals surface area (Å²) < 4.78 is 10.3. The van der Waals surface area contributed by atoms with Gasteiger partial charge in [0.05, 0.1) is 13.8 Å². The van der Waals surface area contributed by atoms with Crippen LogP contribution in [0.2, 0.25) is 0 Å². The summed E-state index contributed by atoms with van der Waals surface area (Å²) in [6.07, 6.45) is 0.573. The van der Waals surface area contributed by atoms with Crippen LogP contribution in [0, 0.1) is 6.92 Å². The molecule has 2 aliphatic rings. The van der Waals surface area contributed by atoms with Crippen LogP contribution in [0.3, 0.4) is 0 Å². The Balaban J connectivity index is 1.83. The second-order valence-corrected chi connectivity index (χ2v) is 8.98. The minimum absolute atomic E-state index is 0.0881. The Hall–Kier alpha value is -2.77. The van der Waals surface area contributed by atoms with Crippen molar-refractivity contribution in [3.8, 4) is 0 Å². The molecule has 2 amide bonds. The van der Waals surface area contributed by atoms with Crippen LogP contribution >= 0.6 is 0 Å². The summed E-state index contributed by atoms with van der Waals surface area (Å²) in [5, 5.41) is 0. The first-order valence-corrected chi connectivity index (χ1v) is 10.2. The number of hydrogen-bond donors (Lipinski definition) is 0. The number of rotatable bonds is 3. The van der Waals surface area contributed by atoms with E-state index in [1.54, 1.807) is 4.90 Å². The molecule has 0 atom stereocenters. The van der Waals surface area contributed by atoms with Crippen LogP contribution in [0.5, 0.6) is 0 Å². The van der Waals surface area contributed by atoms with Crippen molar-refractivity contribution in [1.29, 1.82) is 0 Å². The van der Waals surface area contributed by atoms with E-state index in [4.69, 9.17) is 9.47 Å². The van der Waals surface area contributed by atoms with Crippen LogP contribution in [0.1, 0.15) is 39.2 Å². The van der Waals surface area contributed by atoms with Crippen molar-refractivity contribution in [2.45, 2.75) is 51.7 Å². The van der Waals surface area contributed by atoms with E-state index in [0.29, 0.717) is 32.6 Å². The fourth-order valence-corrected chi connectivity index (χ4v) is 4.05. The Bertz CT molecular complexity index is 807. The zero-order chi connectivity index (χ0) is 22.1. The van der Waals surface area contributed by atoms with Crippen LogP contribution in [0.15, 0.2) is 24.3 Å². The summed E-state index contributed by atoms with van der Waals surface area (Å²) in [4.78, 5) is 43.0. The van der Waals surface area contributed by atoms with E-state index < -0.39 is 17.1 Å². The number of carbonyl (C=O) groups excluding carboxylic acids is 3. The van der Waals surface area contributed by atoms with Crippen molar-refractivity contribution < 1.29 is 23.9 Å². The van der Waals surface area contributed by atoms with Crippen LogP contribution in [0.4, 0.5) is 10.5 Å². The third-order valence-corrected chi connectivity index (χ3v) is 5.65. The van der Waals surface area contributed by atoms with Gasteiger partial charge < -0.3 is 24.2 Å². The second kappa shape index (κ2) is 8.16. The first kappa shape index (κ1) is 21.9. The molecule has 2 saturated heterocycles. The minimum atomic E-state index is -0.790. The number of anilines is 1. The Morgan fingerprint density at radius 1 is 1.10 bits per heavy atom. The number of esters is 1. The number of carbonyl (C=O) groups is 3. The molecule has 0 aromatic heterocycles. The summed E-state index contributed by atoms with van der Waals surface area (Å²) in [5.41, 5.74) is 0.694. The van der Waals surface area contributed by atoms with Gasteiger partial charge in [-0.15, -0.1) is 0 Å². The van der Waals surface area contributed by atoms with Crippen molar-refractivity contribution in [3.05, 3.63) is 29.8 Å². The normalized spacial score (nSPS) is 18.7. The van der Waals surface area contributed by atoms with Crippen molar-refractivity contribution in [2.24, 2.45) is 0 Å². The highest BCUT2D eigenvalue weighted by molar-refractivity contribution is 5.95. The Morgan fingerprint density at radius 3 is 2.23 bits per heavy atom. The monoisotopic (exact) mass is 417 g/mol. The molecular weight excluding hydrogens is 386 g/mol. The average molecular weight is 418 g/mol. The number of likely N-dealkylation sites (tertiary alicyclic amines) is 1. The van der Waals surface area contributed by atoms with Gasteiger partial charge in [0.2, 0.25) is 0 Å². The summed E-state index contributed by atoms with van der Waals surface area (Å²) in [7, 11) is 1.32. The van der Waals surface area contributed by atoms with Crippen molar-refractivity contribution in [2.75, 3.05) is 38.3 Å². The van der Waals surface area contributed by atoms with E-state index >= 15 is 0 Å². The number of hydrogen-bond acceptors (Lipinski definition) is 6. The molecule has 0 aliphatic carbocycles. The molecule has 0 saturated carbocycles. The molecule has 2 fully saturated rings. The number of methoxy groups -OCH3 is 1. The molecule has 3 rings (SSSR count). The number of piperidine rings is 1. The maximum absolute atomic E-state index is 13.4. The number of nitrogens with zero attached hydrogens (tertiary/aromatic N) is 3. The van der Waals surface area contributed by atoms with Crippen LogP contribution in [-0.4, -0.2) is 72.3 Å². The summed E-state index contributed by atoms with van der Waals surface area (Å²) in [6.45, 7) is 8.56. The van der Waals surface area contributed by atoms with E-state index in [1.165, 1.54) is 12.0 Å². The molecule has 1 aromatic carbocycles. The maximum Gasteiger partial charge on any atom is 0.410 e. The fraction of sp³-hybridized carbons (Fsp3) is 0.591. The molecule has 1 spiro atoms. The van der Waals surface area contributed by atoms with E-state index in [1.807, 2.05) is 52.0 Å². The third-order valence-electron chi connectivity index (χ3n) is 5.65. The Morgan fingerprint density at radius 2 is 1.70 bits per heavy atom. The van der Waals surface area contributed by atoms with Crippen molar-refractivity contribution in [1.82, 2.24) is 9.80 Å². The topological polar surface area (TPSA) is 79.4 Å². The van der Waals surface area contributed by atoms with Gasteiger partial charge in [-0.3, -0.25) is 9.59 Å². The molecule has 0 unspecified atom stereocenters. The van der Waals surface area contributed by atoms with Gasteiger partial charge in [-0.2, -0.15) is 0 Å². The molecule has 8 heteroatoms. The van der Waals surface area contributed by atoms with Gasteiger partial charge in [-0.25, -0.2) is 4.79 Å². The lowest BCUT2D eigenvalue weighted by atomic mass is 9.85. The van der Waals surface area contributed by atoms with E-state index in [-0.39, 0.29) is 18.5 Å². The summed E-state index contributed by atoms with van der Waals surface area (Å²) in [6, 6.07) is 8.00. The number of amides is 2. The standard InChI is InChI=1S/C22H31N3O5/c1-16-6-8-17(9-7-16)25-15-24(14-18(26)29-5)19(27)22(25)10-12-23(13-11-22)20(28)30-21(2,3)4/h6-9H,10-15H2,1-5H3. The minimum Gasteiger partial charge on any atom is -0.468 e. The summed E-state index contributed by atoms with van der Waals surface area (Å²) in [5.74, 6) is -0.548. The molecule has 164 valence electrons. The van der Waals surface area contributed by atoms with Crippen molar-refractivity contribution >= 4 is 23.7 Å². The van der Waals surface area contributed by atoms with Crippen molar-refractivity contribution in [3.63, 3.8) is 0 Å². The number of ether oxygens (including phenoxy) is 2. The third kappa shape index (κ3) is 4.37. The van der Waals surface area contributed by atoms with Gasteiger partial charge in [0, 0.05) is 18.8 Å². The lowest BCUT2D eigenvalue weighted by molar-refractivity contribution is -0.146. The second-order valence-electron chi connectivity index (χ2n) is 8.98. The Kier molecular flexibility index (Phi) is 5.97. The predicted octanol–water partition coefficient (Wildman–Crippen LogP) is 2.54. The fourth-order valence-electron chi connectivity index (χ4n) is 4.05. The molecule has 2 aliphatic heterocycles. The summed E-state index contributed by atoms with van der Waals surface area (Å²) >= 11 is 0. The maximum atomic E-state index is 13.4. The first-order chi connectivity index (χ1) is 14.1. The van der Waals surface area contributed by atoms with Gasteiger partial charge in [0.15, 0.2) is 0 Å². The first-order valence-electron chi connectivity index (χ1n) is 10.2. The van der Waals surface area contributed by atoms with Crippen LogP contribution in [0.25, 0.3) is 0 Å². The lowest BCUT2D eigenvalue weighted by Crippen LogP contribution is -2.57. The van der Waals surface area contributed by atoms with Crippen LogP contribution in [-0.2, 0) is 19.1 Å². The highest BCUT2D eigenvalue weighted by atomic mass is 16.6. The average Bonchev–Trinajstić information content (AvgIpc) is 2.94. The zero-order valence-electron chi connectivity index (χ0n) is 18.4. The molecule has 30 heavy (non-hydrogen) atoms. The molecule has 1 aromatic rings. The zero-order valence-corrected chi connectivity index (χ0v) is 18.4. The molecule has 8 nitrogen and oxygen atoms in total. The van der Waals surface area contributed by atoms with Gasteiger partial charge in [0.1, 0.15) is 17.7 Å². The molecular formula is C22H31N3O5. The highest BCUT2D eigenvalue weighted by Gasteiger charge is 2.54. The quantitative estimate of drug-likeness (QED) is 0.704. The number of aryl methyl sites for hydroxylation is 1. The molecule has 0 bridgehead atoms. The van der Waals surface area contributed by atoms with E-state index in [9.17, 15) is 14.4 Å². The lowest BCUT2D eigenvalue weighted by Gasteiger charge is -2.43. The van der Waals surface area contributed by atoms with Gasteiger partial charge in [-0.05, 0) is 52.7 Å². The van der Waals surface area contributed by atoms with Gasteiger partial charge in [0.25, 0.3) is 5.91 Å². The SMILES string of the molecule is COC(=O)CN1CN(c2ccc(C)cc2)C2(CCN(C(=O)OC(C)(C)C)CC2)C1=O. The Labute approximate surface area is 177 Å². The molecule has 2 heterocycles. The van der Waals surface area contributed by atoms with E-state index in [0.717, 1.165) is 11.3 Å². The largest absolute Gasteiger partial charge is 0.468 e. The van der Waals surface area contributed by atoms with Gasteiger partial charge in [-0.1, -0.05) is 17.7 Å². The predicted molar refractivity (Wildman–Crippen MR) is 112 cm³/mol. The molecule has 0 N–H and O–H groups in total. The van der Waals surface area contributed by atoms with Crippen LogP contribution < -0.4 is 4.90 Å². The highest BCUT2D eigenvalue weighted by Crippen LogP contribution is 2.39. The number of benzene rings is 1. The molecule has 0 radical (unpaired) electrons.